The molecule has 0 aromatic rings. The second-order valence-corrected chi connectivity index (χ2v) is 4.42. The van der Waals surface area contributed by atoms with Gasteiger partial charge in [0.05, 0.1) is 0 Å². The molecule has 17 heavy (non-hydrogen) atoms. The lowest BCUT2D eigenvalue weighted by atomic mass is 10.2. The predicted octanol–water partition coefficient (Wildman–Crippen LogP) is 1.94. The minimum atomic E-state index is 0.0352. The largest absolute Gasteiger partial charge is 0.356 e. The third-order valence-corrected chi connectivity index (χ3v) is 2.96. The van der Waals surface area contributed by atoms with Crippen LogP contribution in [0.1, 0.15) is 53.4 Å². The molecule has 0 aliphatic carbocycles. The summed E-state index contributed by atoms with van der Waals surface area (Å²) < 4.78 is 0. The van der Waals surface area contributed by atoms with Crippen LogP contribution in [-0.2, 0) is 9.59 Å². The van der Waals surface area contributed by atoms with E-state index in [1.165, 1.54) is 0 Å². The molecule has 0 aromatic carbocycles. The van der Waals surface area contributed by atoms with E-state index in [1.54, 1.807) is 11.8 Å². The Balaban J connectivity index is 3.96. The Labute approximate surface area is 105 Å². The van der Waals surface area contributed by atoms with Crippen molar-refractivity contribution in [2.24, 2.45) is 0 Å². The number of hydrogen-bond donors (Lipinski definition) is 1. The topological polar surface area (TPSA) is 49.4 Å². The van der Waals surface area contributed by atoms with Gasteiger partial charge in [-0.1, -0.05) is 20.3 Å². The Morgan fingerprint density at radius 1 is 1.29 bits per heavy atom. The molecule has 1 unspecified atom stereocenters. The van der Waals surface area contributed by atoms with Crippen LogP contribution in [-0.4, -0.2) is 35.8 Å². The molecule has 0 fully saturated rings. The first-order valence-corrected chi connectivity index (χ1v) is 6.56. The van der Waals surface area contributed by atoms with Crippen LogP contribution in [0, 0.1) is 0 Å². The highest BCUT2D eigenvalue weighted by Gasteiger charge is 2.15. The van der Waals surface area contributed by atoms with E-state index in [4.69, 9.17) is 0 Å². The molecule has 4 heteroatoms. The molecule has 0 aromatic heterocycles. The summed E-state index contributed by atoms with van der Waals surface area (Å²) in [6.07, 6.45) is 3.39. The molecule has 4 nitrogen and oxygen atoms in total. The fourth-order valence-electron chi connectivity index (χ4n) is 1.62. The maximum atomic E-state index is 11.5. The number of carbonyl (C=O) groups is 2. The molecule has 1 atom stereocenters. The molecule has 0 bridgehead atoms. The van der Waals surface area contributed by atoms with Crippen molar-refractivity contribution in [1.82, 2.24) is 10.2 Å². The smallest absolute Gasteiger partial charge is 0.221 e. The second kappa shape index (κ2) is 9.02. The summed E-state index contributed by atoms with van der Waals surface area (Å²) in [5.74, 6) is 0.0775. The van der Waals surface area contributed by atoms with Crippen LogP contribution in [0.15, 0.2) is 0 Å². The van der Waals surface area contributed by atoms with Crippen LogP contribution >= 0.6 is 0 Å². The van der Waals surface area contributed by atoms with Gasteiger partial charge in [-0.2, -0.15) is 0 Å². The summed E-state index contributed by atoms with van der Waals surface area (Å²) in [7, 11) is 0. The average Bonchev–Trinajstić information content (AvgIpc) is 2.28. The van der Waals surface area contributed by atoms with Crippen molar-refractivity contribution < 1.29 is 9.59 Å². The van der Waals surface area contributed by atoms with Crippen molar-refractivity contribution >= 4 is 11.8 Å². The molecule has 0 aliphatic rings. The van der Waals surface area contributed by atoms with Crippen LogP contribution in [0.4, 0.5) is 0 Å². The summed E-state index contributed by atoms with van der Waals surface area (Å²) in [5, 5.41) is 2.86. The lowest BCUT2D eigenvalue weighted by Crippen LogP contribution is -2.39. The van der Waals surface area contributed by atoms with Crippen LogP contribution < -0.4 is 5.32 Å². The molecule has 0 aliphatic heterocycles. The van der Waals surface area contributed by atoms with Crippen molar-refractivity contribution in [3.8, 4) is 0 Å². The second-order valence-electron chi connectivity index (χ2n) is 4.42. The van der Waals surface area contributed by atoms with E-state index in [0.29, 0.717) is 13.0 Å². The third-order valence-electron chi connectivity index (χ3n) is 2.96. The van der Waals surface area contributed by atoms with E-state index in [9.17, 15) is 9.59 Å². The van der Waals surface area contributed by atoms with E-state index in [0.717, 1.165) is 25.8 Å². The molecule has 100 valence electrons. The van der Waals surface area contributed by atoms with Gasteiger partial charge < -0.3 is 10.2 Å². The van der Waals surface area contributed by atoms with Gasteiger partial charge in [-0.3, -0.25) is 9.59 Å². The van der Waals surface area contributed by atoms with E-state index in [2.05, 4.69) is 12.2 Å². The zero-order valence-corrected chi connectivity index (χ0v) is 11.6. The molecule has 0 rings (SSSR count). The Morgan fingerprint density at radius 3 is 2.41 bits per heavy atom. The highest BCUT2D eigenvalue weighted by Crippen LogP contribution is 2.04. The molecule has 0 saturated heterocycles. The Hall–Kier alpha value is -1.06. The van der Waals surface area contributed by atoms with Crippen LogP contribution in [0.5, 0.6) is 0 Å². The fourth-order valence-corrected chi connectivity index (χ4v) is 1.62. The standard InChI is InChI=1S/C13H26N2O2/c1-5-7-9-14-13(17)8-10-15(12(4)16)11(3)6-2/h11H,5-10H2,1-4H3,(H,14,17). The third kappa shape index (κ3) is 6.97. The summed E-state index contributed by atoms with van der Waals surface area (Å²) in [6, 6.07) is 0.205. The molecule has 2 amide bonds. The van der Waals surface area contributed by atoms with E-state index in [-0.39, 0.29) is 17.9 Å². The van der Waals surface area contributed by atoms with E-state index in [1.807, 2.05) is 13.8 Å². The minimum Gasteiger partial charge on any atom is -0.356 e. The number of nitrogens with one attached hydrogen (secondary N) is 1. The fraction of sp³-hybridized carbons (Fsp3) is 0.846. The van der Waals surface area contributed by atoms with Crippen molar-refractivity contribution in [3.05, 3.63) is 0 Å². The van der Waals surface area contributed by atoms with Gasteiger partial charge >= 0.3 is 0 Å². The first kappa shape index (κ1) is 15.9. The summed E-state index contributed by atoms with van der Waals surface area (Å²) in [6.45, 7) is 8.95. The van der Waals surface area contributed by atoms with Gasteiger partial charge in [0.1, 0.15) is 0 Å². The van der Waals surface area contributed by atoms with Gasteiger partial charge in [0.15, 0.2) is 0 Å². The van der Waals surface area contributed by atoms with Crippen LogP contribution in [0.25, 0.3) is 0 Å². The summed E-state index contributed by atoms with van der Waals surface area (Å²) in [4.78, 5) is 24.7. The summed E-state index contributed by atoms with van der Waals surface area (Å²) in [5.41, 5.74) is 0. The van der Waals surface area contributed by atoms with Crippen LogP contribution in [0.3, 0.4) is 0 Å². The quantitative estimate of drug-likeness (QED) is 0.661. The van der Waals surface area contributed by atoms with Gasteiger partial charge in [0.25, 0.3) is 0 Å². The molecule has 0 heterocycles. The van der Waals surface area contributed by atoms with Gasteiger partial charge in [0.2, 0.25) is 11.8 Å². The number of nitrogens with zero attached hydrogens (tertiary/aromatic N) is 1. The zero-order chi connectivity index (χ0) is 13.3. The lowest BCUT2D eigenvalue weighted by Gasteiger charge is -2.27. The van der Waals surface area contributed by atoms with Crippen molar-refractivity contribution in [2.45, 2.75) is 59.4 Å². The average molecular weight is 242 g/mol. The van der Waals surface area contributed by atoms with Gasteiger partial charge in [-0.25, -0.2) is 0 Å². The molecule has 0 radical (unpaired) electrons. The van der Waals surface area contributed by atoms with Crippen LogP contribution in [0.2, 0.25) is 0 Å². The first-order chi connectivity index (χ1) is 8.02. The molecular weight excluding hydrogens is 216 g/mol. The normalized spacial score (nSPS) is 12.0. The number of amides is 2. The molecule has 0 saturated carbocycles. The highest BCUT2D eigenvalue weighted by atomic mass is 16.2. The maximum Gasteiger partial charge on any atom is 0.221 e. The van der Waals surface area contributed by atoms with Crippen molar-refractivity contribution in [3.63, 3.8) is 0 Å². The number of unbranched alkanes of at least 4 members (excludes halogenated alkanes) is 1. The number of rotatable bonds is 8. The monoisotopic (exact) mass is 242 g/mol. The summed E-state index contributed by atoms with van der Waals surface area (Å²) >= 11 is 0. The number of carbonyl (C=O) groups excluding carboxylic acids is 2. The van der Waals surface area contributed by atoms with Gasteiger partial charge in [-0.15, -0.1) is 0 Å². The van der Waals surface area contributed by atoms with Gasteiger partial charge in [0, 0.05) is 32.5 Å². The molecule has 0 spiro atoms. The Kier molecular flexibility index (Phi) is 8.46. The van der Waals surface area contributed by atoms with E-state index < -0.39 is 0 Å². The maximum absolute atomic E-state index is 11.5. The first-order valence-electron chi connectivity index (χ1n) is 6.56. The Bertz CT molecular complexity index is 242. The highest BCUT2D eigenvalue weighted by molar-refractivity contribution is 5.78. The lowest BCUT2D eigenvalue weighted by molar-refractivity contribution is -0.131. The minimum absolute atomic E-state index is 0.0352. The molecular formula is C13H26N2O2. The number of hydrogen-bond acceptors (Lipinski definition) is 2. The van der Waals surface area contributed by atoms with Crippen molar-refractivity contribution in [2.75, 3.05) is 13.1 Å². The van der Waals surface area contributed by atoms with Crippen molar-refractivity contribution in [1.29, 1.82) is 0 Å². The zero-order valence-electron chi connectivity index (χ0n) is 11.6. The molecule has 1 N–H and O–H groups in total. The Morgan fingerprint density at radius 2 is 1.94 bits per heavy atom. The SMILES string of the molecule is CCCCNC(=O)CCN(C(C)=O)C(C)CC. The van der Waals surface area contributed by atoms with Gasteiger partial charge in [-0.05, 0) is 19.8 Å². The predicted molar refractivity (Wildman–Crippen MR) is 69.7 cm³/mol. The van der Waals surface area contributed by atoms with E-state index >= 15 is 0 Å².